The molecule has 19 heavy (non-hydrogen) atoms. The van der Waals surface area contributed by atoms with Crippen molar-refractivity contribution in [1.29, 1.82) is 0 Å². The summed E-state index contributed by atoms with van der Waals surface area (Å²) in [4.78, 5) is 13.8. The van der Waals surface area contributed by atoms with E-state index >= 15 is 0 Å². The minimum atomic E-state index is 0.0430. The van der Waals surface area contributed by atoms with Gasteiger partial charge >= 0.3 is 0 Å². The molecule has 1 atom stereocenters. The van der Waals surface area contributed by atoms with Gasteiger partial charge in [-0.1, -0.05) is 19.1 Å². The molecule has 0 aromatic heterocycles. The summed E-state index contributed by atoms with van der Waals surface area (Å²) in [6, 6.07) is 8.14. The highest BCUT2D eigenvalue weighted by atomic mass is 16.5. The number of carbonyl (C=O) groups is 1. The van der Waals surface area contributed by atoms with Gasteiger partial charge in [-0.2, -0.15) is 0 Å². The van der Waals surface area contributed by atoms with Crippen molar-refractivity contribution >= 4 is 11.6 Å². The molecule has 0 saturated heterocycles. The van der Waals surface area contributed by atoms with Crippen LogP contribution in [-0.4, -0.2) is 31.6 Å². The van der Waals surface area contributed by atoms with Crippen molar-refractivity contribution in [1.82, 2.24) is 5.32 Å². The number of hydrogen-bond acceptors (Lipinski definition) is 3. The van der Waals surface area contributed by atoms with Gasteiger partial charge in [0.1, 0.15) is 5.75 Å². The van der Waals surface area contributed by atoms with E-state index < -0.39 is 0 Å². The number of ether oxygens (including phenoxy) is 1. The summed E-state index contributed by atoms with van der Waals surface area (Å²) in [6.07, 6.45) is 2.07. The molecular formula is C15H22N2O2. The Hall–Kier alpha value is -1.55. The summed E-state index contributed by atoms with van der Waals surface area (Å²) in [6.45, 7) is 6.22. The molecule has 4 nitrogen and oxygen atoms in total. The van der Waals surface area contributed by atoms with Crippen molar-refractivity contribution < 1.29 is 9.53 Å². The monoisotopic (exact) mass is 262 g/mol. The van der Waals surface area contributed by atoms with E-state index in [0.717, 1.165) is 37.4 Å². The van der Waals surface area contributed by atoms with E-state index in [1.807, 2.05) is 29.2 Å². The van der Waals surface area contributed by atoms with Crippen molar-refractivity contribution in [2.45, 2.75) is 32.7 Å². The second kappa shape index (κ2) is 6.57. The first-order valence-electron chi connectivity index (χ1n) is 6.98. The molecule has 0 saturated carbocycles. The Labute approximate surface area is 114 Å². The fraction of sp³-hybridized carbons (Fsp3) is 0.533. The fourth-order valence-corrected chi connectivity index (χ4v) is 2.21. The van der Waals surface area contributed by atoms with Gasteiger partial charge in [-0.3, -0.25) is 4.79 Å². The Morgan fingerprint density at radius 1 is 1.42 bits per heavy atom. The quantitative estimate of drug-likeness (QED) is 0.854. The number of amides is 1. The number of nitrogens with zero attached hydrogens (tertiary/aromatic N) is 1. The molecular weight excluding hydrogens is 240 g/mol. The number of carbonyl (C=O) groups excluding carboxylic acids is 1. The van der Waals surface area contributed by atoms with Gasteiger partial charge in [0.15, 0.2) is 6.61 Å². The lowest BCUT2D eigenvalue weighted by Gasteiger charge is -2.30. The van der Waals surface area contributed by atoms with Crippen molar-refractivity contribution in [3.05, 3.63) is 24.3 Å². The number of rotatable bonds is 6. The van der Waals surface area contributed by atoms with Gasteiger partial charge in [-0.15, -0.1) is 0 Å². The maximum atomic E-state index is 12.0. The zero-order valence-electron chi connectivity index (χ0n) is 11.7. The van der Waals surface area contributed by atoms with Crippen LogP contribution < -0.4 is 15.0 Å². The van der Waals surface area contributed by atoms with Gasteiger partial charge in [0, 0.05) is 12.6 Å². The van der Waals surface area contributed by atoms with E-state index in [2.05, 4.69) is 19.2 Å². The Bertz CT molecular complexity index is 434. The maximum Gasteiger partial charge on any atom is 0.265 e. The molecule has 0 radical (unpaired) electrons. The third-order valence-electron chi connectivity index (χ3n) is 3.34. The van der Waals surface area contributed by atoms with Crippen LogP contribution in [0.1, 0.15) is 26.7 Å². The predicted molar refractivity (Wildman–Crippen MR) is 76.7 cm³/mol. The molecule has 1 aromatic carbocycles. The number of anilines is 1. The highest BCUT2D eigenvalue weighted by Crippen LogP contribution is 2.31. The van der Waals surface area contributed by atoms with Gasteiger partial charge in [0.2, 0.25) is 0 Å². The molecule has 1 unspecified atom stereocenters. The fourth-order valence-electron chi connectivity index (χ4n) is 2.21. The molecule has 2 rings (SSSR count). The lowest BCUT2D eigenvalue weighted by atomic mass is 10.1. The molecule has 0 fully saturated rings. The van der Waals surface area contributed by atoms with Gasteiger partial charge in [0.25, 0.3) is 5.91 Å². The number of nitrogens with one attached hydrogen (secondary N) is 1. The normalized spacial score (nSPS) is 15.9. The van der Waals surface area contributed by atoms with E-state index in [1.165, 1.54) is 0 Å². The third kappa shape index (κ3) is 3.47. The molecule has 4 heteroatoms. The summed E-state index contributed by atoms with van der Waals surface area (Å²) in [5.74, 6) is 0.845. The average Bonchev–Trinajstić information content (AvgIpc) is 2.44. The average molecular weight is 262 g/mol. The van der Waals surface area contributed by atoms with Gasteiger partial charge < -0.3 is 15.0 Å². The van der Waals surface area contributed by atoms with Crippen molar-refractivity contribution in [2.75, 3.05) is 24.6 Å². The van der Waals surface area contributed by atoms with E-state index in [4.69, 9.17) is 4.74 Å². The smallest absolute Gasteiger partial charge is 0.265 e. The summed E-state index contributed by atoms with van der Waals surface area (Å²) in [5, 5.41) is 3.44. The van der Waals surface area contributed by atoms with Crippen LogP contribution >= 0.6 is 0 Å². The molecule has 1 N–H and O–H groups in total. The van der Waals surface area contributed by atoms with Crippen LogP contribution in [0.15, 0.2) is 24.3 Å². The first kappa shape index (κ1) is 13.9. The Morgan fingerprint density at radius 3 is 3.00 bits per heavy atom. The molecule has 1 aliphatic rings. The molecule has 0 aliphatic carbocycles. The standard InChI is InChI=1S/C15H22N2O2/c1-3-9-16-12(2)8-10-17-13-6-4-5-7-14(13)19-11-15(17)18/h4-7,12,16H,3,8-11H2,1-2H3. The van der Waals surface area contributed by atoms with Crippen LogP contribution in [0.4, 0.5) is 5.69 Å². The topological polar surface area (TPSA) is 41.6 Å². The Balaban J connectivity index is 1.97. The molecule has 1 amide bonds. The van der Waals surface area contributed by atoms with Crippen LogP contribution in [-0.2, 0) is 4.79 Å². The summed E-state index contributed by atoms with van der Waals surface area (Å²) in [7, 11) is 0. The summed E-state index contributed by atoms with van der Waals surface area (Å²) in [5.41, 5.74) is 0.890. The number of hydrogen-bond donors (Lipinski definition) is 1. The van der Waals surface area contributed by atoms with Crippen molar-refractivity contribution in [2.24, 2.45) is 0 Å². The SMILES string of the molecule is CCCNC(C)CCN1C(=O)COc2ccccc21. The van der Waals surface area contributed by atoms with E-state index in [1.54, 1.807) is 0 Å². The highest BCUT2D eigenvalue weighted by molar-refractivity contribution is 5.97. The molecule has 1 heterocycles. The largest absolute Gasteiger partial charge is 0.482 e. The molecule has 1 aliphatic heterocycles. The minimum absolute atomic E-state index is 0.0430. The second-order valence-electron chi connectivity index (χ2n) is 4.95. The highest BCUT2D eigenvalue weighted by Gasteiger charge is 2.24. The minimum Gasteiger partial charge on any atom is -0.482 e. The Morgan fingerprint density at radius 2 is 2.21 bits per heavy atom. The number of para-hydroxylation sites is 2. The lowest BCUT2D eigenvalue weighted by molar-refractivity contribution is -0.121. The first-order chi connectivity index (χ1) is 9.22. The predicted octanol–water partition coefficient (Wildman–Crippen LogP) is 2.19. The van der Waals surface area contributed by atoms with Crippen LogP contribution in [0.5, 0.6) is 5.75 Å². The van der Waals surface area contributed by atoms with E-state index in [-0.39, 0.29) is 12.5 Å². The van der Waals surface area contributed by atoms with Crippen LogP contribution in [0.25, 0.3) is 0 Å². The van der Waals surface area contributed by atoms with E-state index in [9.17, 15) is 4.79 Å². The lowest BCUT2D eigenvalue weighted by Crippen LogP contribution is -2.41. The van der Waals surface area contributed by atoms with Gasteiger partial charge in [0.05, 0.1) is 5.69 Å². The van der Waals surface area contributed by atoms with Gasteiger partial charge in [-0.05, 0) is 38.4 Å². The molecule has 0 spiro atoms. The van der Waals surface area contributed by atoms with Crippen LogP contribution in [0, 0.1) is 0 Å². The van der Waals surface area contributed by atoms with Crippen LogP contribution in [0.2, 0.25) is 0 Å². The summed E-state index contributed by atoms with van der Waals surface area (Å²) >= 11 is 0. The van der Waals surface area contributed by atoms with E-state index in [0.29, 0.717) is 6.04 Å². The van der Waals surface area contributed by atoms with Crippen molar-refractivity contribution in [3.63, 3.8) is 0 Å². The van der Waals surface area contributed by atoms with Crippen LogP contribution in [0.3, 0.4) is 0 Å². The first-order valence-corrected chi connectivity index (χ1v) is 6.98. The maximum absolute atomic E-state index is 12.0. The summed E-state index contributed by atoms with van der Waals surface area (Å²) < 4.78 is 5.43. The number of fused-ring (bicyclic) bond motifs is 1. The molecule has 1 aromatic rings. The zero-order chi connectivity index (χ0) is 13.7. The Kier molecular flexibility index (Phi) is 4.80. The van der Waals surface area contributed by atoms with Crippen molar-refractivity contribution in [3.8, 4) is 5.75 Å². The zero-order valence-corrected chi connectivity index (χ0v) is 11.7. The molecule has 104 valence electrons. The van der Waals surface area contributed by atoms with Gasteiger partial charge in [-0.25, -0.2) is 0 Å². The second-order valence-corrected chi connectivity index (χ2v) is 4.95. The number of benzene rings is 1. The third-order valence-corrected chi connectivity index (χ3v) is 3.34. The molecule has 0 bridgehead atoms.